The third kappa shape index (κ3) is 4.63. The largest absolute Gasteiger partial charge is 0.507 e. The molecule has 2 saturated heterocycles. The molecule has 1 N–H and O–H groups in total. The predicted octanol–water partition coefficient (Wildman–Crippen LogP) is 2.36. The van der Waals surface area contributed by atoms with Crippen molar-refractivity contribution in [3.63, 3.8) is 0 Å². The van der Waals surface area contributed by atoms with Gasteiger partial charge in [-0.05, 0) is 29.8 Å². The second kappa shape index (κ2) is 10.0. The van der Waals surface area contributed by atoms with Crippen LogP contribution in [-0.2, 0) is 14.3 Å². The lowest BCUT2D eigenvalue weighted by Gasteiger charge is -2.31. The van der Waals surface area contributed by atoms with Gasteiger partial charge in [-0.1, -0.05) is 12.1 Å². The molecule has 34 heavy (non-hydrogen) atoms. The van der Waals surface area contributed by atoms with E-state index >= 15 is 0 Å². The number of aliphatic hydroxyl groups excluding tert-OH is 1. The molecule has 2 aliphatic heterocycles. The summed E-state index contributed by atoms with van der Waals surface area (Å²) in [5.41, 5.74) is 0.450. The standard InChI is InChI=1S/C24H25N3O7/c1-33-19-7-5-16(6-8-19)22(28)20-21(17-3-2-4-18(15-17)27(31)32)26(24(30)23(20)29)10-9-25-11-13-34-14-12-25/h2-8,15,21,28H,9-14H2,1H3. The summed E-state index contributed by atoms with van der Waals surface area (Å²) in [6.07, 6.45) is 0. The van der Waals surface area contributed by atoms with Gasteiger partial charge in [0.1, 0.15) is 11.5 Å². The van der Waals surface area contributed by atoms with Gasteiger partial charge in [-0.2, -0.15) is 0 Å². The quantitative estimate of drug-likeness (QED) is 0.217. The average Bonchev–Trinajstić information content (AvgIpc) is 3.12. The number of nitro groups is 1. The number of ether oxygens (including phenoxy) is 2. The van der Waals surface area contributed by atoms with Crippen LogP contribution in [0.15, 0.2) is 54.1 Å². The molecule has 0 spiro atoms. The number of amides is 1. The first-order valence-electron chi connectivity index (χ1n) is 10.9. The van der Waals surface area contributed by atoms with Crippen molar-refractivity contribution >= 4 is 23.1 Å². The fraction of sp³-hybridized carbons (Fsp3) is 0.333. The number of rotatable bonds is 7. The number of carbonyl (C=O) groups is 2. The lowest BCUT2D eigenvalue weighted by atomic mass is 9.95. The van der Waals surface area contributed by atoms with Crippen LogP contribution in [0.1, 0.15) is 17.2 Å². The second-order valence-electron chi connectivity index (χ2n) is 8.03. The van der Waals surface area contributed by atoms with Gasteiger partial charge in [-0.3, -0.25) is 24.6 Å². The maximum Gasteiger partial charge on any atom is 0.295 e. The highest BCUT2D eigenvalue weighted by Gasteiger charge is 2.46. The van der Waals surface area contributed by atoms with Crippen molar-refractivity contribution in [2.24, 2.45) is 0 Å². The minimum Gasteiger partial charge on any atom is -0.507 e. The van der Waals surface area contributed by atoms with E-state index in [2.05, 4.69) is 4.90 Å². The number of benzene rings is 2. The van der Waals surface area contributed by atoms with Crippen LogP contribution in [0.5, 0.6) is 5.75 Å². The Labute approximate surface area is 196 Å². The van der Waals surface area contributed by atoms with Crippen LogP contribution in [0.3, 0.4) is 0 Å². The zero-order valence-corrected chi connectivity index (χ0v) is 18.7. The lowest BCUT2D eigenvalue weighted by molar-refractivity contribution is -0.384. The maximum absolute atomic E-state index is 13.1. The summed E-state index contributed by atoms with van der Waals surface area (Å²) >= 11 is 0. The number of likely N-dealkylation sites (tertiary alicyclic amines) is 1. The Morgan fingerprint density at radius 3 is 2.50 bits per heavy atom. The highest BCUT2D eigenvalue weighted by molar-refractivity contribution is 6.46. The first kappa shape index (κ1) is 23.4. The van der Waals surface area contributed by atoms with E-state index in [0.717, 1.165) is 0 Å². The maximum atomic E-state index is 13.1. The average molecular weight is 467 g/mol. The van der Waals surface area contributed by atoms with Crippen LogP contribution in [-0.4, -0.2) is 78.0 Å². The van der Waals surface area contributed by atoms with Crippen LogP contribution in [0.25, 0.3) is 5.76 Å². The topological polar surface area (TPSA) is 122 Å². The van der Waals surface area contributed by atoms with Crippen molar-refractivity contribution < 1.29 is 29.1 Å². The van der Waals surface area contributed by atoms with Crippen molar-refractivity contribution in [2.45, 2.75) is 6.04 Å². The number of nitro benzene ring substituents is 1. The summed E-state index contributed by atoms with van der Waals surface area (Å²) in [7, 11) is 1.51. The molecule has 0 aromatic heterocycles. The Morgan fingerprint density at radius 1 is 1.15 bits per heavy atom. The molecule has 1 unspecified atom stereocenters. The van der Waals surface area contributed by atoms with Crippen LogP contribution in [0, 0.1) is 10.1 Å². The number of methoxy groups -OCH3 is 1. The Morgan fingerprint density at radius 2 is 1.85 bits per heavy atom. The van der Waals surface area contributed by atoms with E-state index in [1.165, 1.54) is 30.2 Å². The summed E-state index contributed by atoms with van der Waals surface area (Å²) in [6.45, 7) is 3.31. The van der Waals surface area contributed by atoms with Crippen molar-refractivity contribution in [1.29, 1.82) is 0 Å². The number of morpholine rings is 1. The molecule has 0 aliphatic carbocycles. The van der Waals surface area contributed by atoms with Gasteiger partial charge in [0.25, 0.3) is 17.4 Å². The molecule has 1 atom stereocenters. The Kier molecular flexibility index (Phi) is 6.90. The van der Waals surface area contributed by atoms with Crippen molar-refractivity contribution in [3.05, 3.63) is 75.3 Å². The molecular formula is C24H25N3O7. The number of nitrogens with zero attached hydrogens (tertiary/aromatic N) is 3. The molecule has 2 fully saturated rings. The van der Waals surface area contributed by atoms with Gasteiger partial charge in [-0.15, -0.1) is 0 Å². The summed E-state index contributed by atoms with van der Waals surface area (Å²) in [4.78, 5) is 40.5. The molecule has 0 bridgehead atoms. The monoisotopic (exact) mass is 467 g/mol. The van der Waals surface area contributed by atoms with E-state index in [9.17, 15) is 24.8 Å². The second-order valence-corrected chi connectivity index (χ2v) is 8.03. The van der Waals surface area contributed by atoms with Crippen molar-refractivity contribution in [2.75, 3.05) is 46.5 Å². The van der Waals surface area contributed by atoms with E-state index in [1.807, 2.05) is 0 Å². The number of carbonyl (C=O) groups excluding carboxylic acids is 2. The van der Waals surface area contributed by atoms with E-state index in [0.29, 0.717) is 49.7 Å². The summed E-state index contributed by atoms with van der Waals surface area (Å²) in [5, 5.41) is 22.5. The summed E-state index contributed by atoms with van der Waals surface area (Å²) in [5.74, 6) is -1.35. The first-order chi connectivity index (χ1) is 16.4. The zero-order chi connectivity index (χ0) is 24.2. The van der Waals surface area contributed by atoms with Gasteiger partial charge in [-0.25, -0.2) is 0 Å². The zero-order valence-electron chi connectivity index (χ0n) is 18.7. The van der Waals surface area contributed by atoms with Crippen LogP contribution >= 0.6 is 0 Å². The minimum atomic E-state index is -0.956. The molecule has 2 heterocycles. The van der Waals surface area contributed by atoms with Crippen LogP contribution in [0.2, 0.25) is 0 Å². The fourth-order valence-corrected chi connectivity index (χ4v) is 4.24. The molecule has 4 rings (SSSR count). The Hall–Kier alpha value is -3.76. The van der Waals surface area contributed by atoms with E-state index in [4.69, 9.17) is 9.47 Å². The number of non-ortho nitro benzene ring substituents is 1. The Balaban J connectivity index is 1.76. The van der Waals surface area contributed by atoms with Gasteiger partial charge < -0.3 is 19.5 Å². The summed E-state index contributed by atoms with van der Waals surface area (Å²) in [6, 6.07) is 11.3. The molecule has 2 aromatic rings. The third-order valence-electron chi connectivity index (χ3n) is 6.06. The molecule has 178 valence electrons. The van der Waals surface area contributed by atoms with Crippen LogP contribution < -0.4 is 4.74 Å². The smallest absolute Gasteiger partial charge is 0.295 e. The molecule has 0 radical (unpaired) electrons. The number of ketones is 1. The van der Waals surface area contributed by atoms with E-state index in [-0.39, 0.29) is 23.6 Å². The van der Waals surface area contributed by atoms with E-state index in [1.54, 1.807) is 30.3 Å². The first-order valence-corrected chi connectivity index (χ1v) is 10.9. The molecule has 2 aromatic carbocycles. The number of hydrogen-bond acceptors (Lipinski definition) is 8. The molecule has 10 heteroatoms. The molecule has 2 aliphatic rings. The molecular weight excluding hydrogens is 442 g/mol. The predicted molar refractivity (Wildman–Crippen MR) is 122 cm³/mol. The summed E-state index contributed by atoms with van der Waals surface area (Å²) < 4.78 is 10.5. The Bertz CT molecular complexity index is 1120. The fourth-order valence-electron chi connectivity index (χ4n) is 4.24. The highest BCUT2D eigenvalue weighted by atomic mass is 16.6. The van der Waals surface area contributed by atoms with E-state index < -0.39 is 22.7 Å². The molecule has 1 amide bonds. The van der Waals surface area contributed by atoms with Gasteiger partial charge in [0.05, 0.1) is 36.9 Å². The SMILES string of the molecule is COc1ccc(C(O)=C2C(=O)C(=O)N(CCN3CCOCC3)C2c2cccc([N+](=O)[O-])c2)cc1. The van der Waals surface area contributed by atoms with Gasteiger partial charge in [0, 0.05) is 43.9 Å². The minimum absolute atomic E-state index is 0.0994. The number of hydrogen-bond donors (Lipinski definition) is 1. The van der Waals surface area contributed by atoms with Gasteiger partial charge in [0.15, 0.2) is 0 Å². The normalized spacial score (nSPS) is 20.5. The lowest BCUT2D eigenvalue weighted by Crippen LogP contribution is -2.42. The van der Waals surface area contributed by atoms with Gasteiger partial charge >= 0.3 is 0 Å². The van der Waals surface area contributed by atoms with Crippen molar-refractivity contribution in [1.82, 2.24) is 9.80 Å². The molecule has 0 saturated carbocycles. The van der Waals surface area contributed by atoms with Crippen molar-refractivity contribution in [3.8, 4) is 5.75 Å². The number of Topliss-reactive ketones (excluding diaryl/α,β-unsaturated/α-hetero) is 1. The highest BCUT2D eigenvalue weighted by Crippen LogP contribution is 2.40. The third-order valence-corrected chi connectivity index (χ3v) is 6.06. The molecule has 10 nitrogen and oxygen atoms in total. The number of aliphatic hydroxyl groups is 1. The van der Waals surface area contributed by atoms with Crippen LogP contribution in [0.4, 0.5) is 5.69 Å². The van der Waals surface area contributed by atoms with Gasteiger partial charge in [0.2, 0.25) is 0 Å².